The molecule has 0 spiro atoms. The summed E-state index contributed by atoms with van der Waals surface area (Å²) >= 11 is 0. The molecule has 3 aliphatic rings. The van der Waals surface area contributed by atoms with E-state index in [9.17, 15) is 33.4 Å². The summed E-state index contributed by atoms with van der Waals surface area (Å²) in [6.45, 7) is 1.67. The lowest BCUT2D eigenvalue weighted by Gasteiger charge is -2.27. The van der Waals surface area contributed by atoms with Crippen LogP contribution in [0, 0.1) is 0 Å². The zero-order chi connectivity index (χ0) is 24.8. The quantitative estimate of drug-likeness (QED) is 0.144. The molecule has 21 heteroatoms. The second-order valence-corrected chi connectivity index (χ2v) is 11.4. The van der Waals surface area contributed by atoms with Gasteiger partial charge < -0.3 is 45.0 Å². The van der Waals surface area contributed by atoms with Crippen LogP contribution < -0.4 is 11.1 Å². The van der Waals surface area contributed by atoms with E-state index in [2.05, 4.69) is 18.1 Å². The van der Waals surface area contributed by atoms with Gasteiger partial charge in [0.15, 0.2) is 11.5 Å². The number of hydrogen-bond donors (Lipinski definition) is 7. The van der Waals surface area contributed by atoms with Gasteiger partial charge in [0.1, 0.15) is 12.3 Å². The number of rotatable bonds is 9. The maximum absolute atomic E-state index is 12.3. The fourth-order valence-corrected chi connectivity index (χ4v) is 6.38. The molecule has 1 saturated heterocycles. The minimum atomic E-state index is -5.67. The van der Waals surface area contributed by atoms with E-state index in [0.29, 0.717) is 12.2 Å². The Labute approximate surface area is 186 Å². The number of phosphoric ester groups is 1. The van der Waals surface area contributed by atoms with Crippen molar-refractivity contribution in [2.24, 2.45) is 10.7 Å². The molecule has 3 heterocycles. The monoisotopic (exact) mass is 538 g/mol. The first-order chi connectivity index (χ1) is 15.1. The highest BCUT2D eigenvalue weighted by molar-refractivity contribution is 7.66. The van der Waals surface area contributed by atoms with Gasteiger partial charge in [-0.05, 0) is 6.92 Å². The molecule has 0 aromatic carbocycles. The number of carbonyl (C=O) groups excluding carboxylic acids is 1. The molecule has 0 radical (unpaired) electrons. The summed E-state index contributed by atoms with van der Waals surface area (Å²) in [4.78, 5) is 55.6. The number of guanidine groups is 1. The van der Waals surface area contributed by atoms with E-state index in [1.54, 1.807) is 9.80 Å². The topological polar surface area (TPSA) is 268 Å². The SMILES string of the molecule is CCN1CN([C@H]2C[C@H](O)[C@@H](COP(=O)(O)OP(=O)(O)OP(=O)(O)O)O2)C2=C1C(=O)[NH2+]C(N)=N2. The molecule has 5 atom stereocenters. The molecule has 188 valence electrons. The van der Waals surface area contributed by atoms with Crippen molar-refractivity contribution in [2.45, 2.75) is 31.8 Å². The number of carbonyl (C=O) groups is 1. The summed E-state index contributed by atoms with van der Waals surface area (Å²) in [5.74, 6) is -0.110. The van der Waals surface area contributed by atoms with Crippen LogP contribution in [0.3, 0.4) is 0 Å². The number of ether oxygens (including phenoxy) is 1. The zero-order valence-corrected chi connectivity index (χ0v) is 19.6. The number of nitrogens with zero attached hydrogens (tertiary/aromatic N) is 3. The second kappa shape index (κ2) is 9.43. The molecule has 18 nitrogen and oxygen atoms in total. The Balaban J connectivity index is 1.65. The third kappa shape index (κ3) is 6.46. The average Bonchev–Trinajstić information content (AvgIpc) is 3.17. The predicted molar refractivity (Wildman–Crippen MR) is 104 cm³/mol. The maximum atomic E-state index is 12.3. The third-order valence-corrected chi connectivity index (χ3v) is 8.42. The van der Waals surface area contributed by atoms with Gasteiger partial charge in [-0.1, -0.05) is 0 Å². The smallest absolute Gasteiger partial charge is 0.390 e. The van der Waals surface area contributed by atoms with E-state index in [-0.39, 0.29) is 30.8 Å². The molecule has 3 rings (SSSR count). The molecule has 0 aromatic heterocycles. The Bertz CT molecular complexity index is 1010. The highest BCUT2D eigenvalue weighted by atomic mass is 31.3. The lowest BCUT2D eigenvalue weighted by Crippen LogP contribution is -2.95. The van der Waals surface area contributed by atoms with E-state index in [1.165, 1.54) is 5.32 Å². The summed E-state index contributed by atoms with van der Waals surface area (Å²) in [7, 11) is -16.6. The van der Waals surface area contributed by atoms with Crippen LogP contribution in [0.5, 0.6) is 0 Å². The number of phosphoric acid groups is 3. The molecule has 0 aromatic rings. The van der Waals surface area contributed by atoms with Crippen molar-refractivity contribution in [1.29, 1.82) is 0 Å². The van der Waals surface area contributed by atoms with Gasteiger partial charge in [-0.15, -0.1) is 0 Å². The van der Waals surface area contributed by atoms with Gasteiger partial charge in [0.25, 0.3) is 0 Å². The van der Waals surface area contributed by atoms with Gasteiger partial charge in [-0.2, -0.15) is 13.6 Å². The highest BCUT2D eigenvalue weighted by Gasteiger charge is 2.47. The Morgan fingerprint density at radius 1 is 1.21 bits per heavy atom. The number of aliphatic imine (C=N–C) groups is 1. The van der Waals surface area contributed by atoms with E-state index in [1.807, 2.05) is 6.92 Å². The van der Waals surface area contributed by atoms with Gasteiger partial charge >= 0.3 is 35.3 Å². The minimum Gasteiger partial charge on any atom is -0.390 e. The maximum Gasteiger partial charge on any atom is 0.490 e. The van der Waals surface area contributed by atoms with Crippen molar-refractivity contribution in [3.8, 4) is 0 Å². The molecular formula is C12H23N5O13P3+. The Morgan fingerprint density at radius 3 is 2.48 bits per heavy atom. The molecule has 1 amide bonds. The van der Waals surface area contributed by atoms with Crippen molar-refractivity contribution in [1.82, 2.24) is 9.80 Å². The zero-order valence-electron chi connectivity index (χ0n) is 16.9. The number of nitrogens with two attached hydrogens (primary N) is 2. The van der Waals surface area contributed by atoms with Gasteiger partial charge in [-0.3, -0.25) is 4.52 Å². The lowest BCUT2D eigenvalue weighted by atomic mass is 10.2. The predicted octanol–water partition coefficient (Wildman–Crippen LogP) is -3.01. The molecule has 0 saturated carbocycles. The van der Waals surface area contributed by atoms with Crippen LogP contribution in [-0.4, -0.2) is 84.6 Å². The van der Waals surface area contributed by atoms with Gasteiger partial charge in [-0.25, -0.2) is 23.8 Å². The number of likely N-dealkylation sites (N-methyl/N-ethyl adjacent to an activating group) is 1. The first kappa shape index (κ1) is 26.4. The summed E-state index contributed by atoms with van der Waals surface area (Å²) in [6, 6.07) is 0. The Hall–Kier alpha value is -1.23. The standard InChI is InChI=1S/C12H22N5O13P3/c1-2-16-5-17(10-9(16)11(19)15-12(13)14-10)8-3-6(18)7(28-8)4-27-32(23,24)30-33(25,26)29-31(20,21)22/h6-8,18H,2-5H2,1H3,(H,23,24)(H,25,26)(H2,20,21,22)(H3,13,14,15,19)/p+1/t6-,7+,8+/m0/s1. The second-order valence-electron chi connectivity index (χ2n) is 7.00. The van der Waals surface area contributed by atoms with E-state index < -0.39 is 48.5 Å². The van der Waals surface area contributed by atoms with E-state index >= 15 is 0 Å². The van der Waals surface area contributed by atoms with Crippen LogP contribution in [0.25, 0.3) is 0 Å². The molecule has 0 aliphatic carbocycles. The van der Waals surface area contributed by atoms with Crippen molar-refractivity contribution in [2.75, 3.05) is 19.8 Å². The largest absolute Gasteiger partial charge is 0.490 e. The number of hydrogen-bond acceptors (Lipinski definition) is 13. The van der Waals surface area contributed by atoms with Crippen LogP contribution in [0.15, 0.2) is 16.5 Å². The van der Waals surface area contributed by atoms with Crippen LogP contribution in [-0.2, 0) is 36.4 Å². The van der Waals surface area contributed by atoms with Gasteiger partial charge in [0, 0.05) is 13.0 Å². The lowest BCUT2D eigenvalue weighted by molar-refractivity contribution is -0.452. The first-order valence-electron chi connectivity index (χ1n) is 9.22. The number of quaternary nitrogens is 1. The summed E-state index contributed by atoms with van der Waals surface area (Å²) in [5.41, 5.74) is 5.98. The fourth-order valence-electron chi connectivity index (χ4n) is 3.35. The Morgan fingerprint density at radius 2 is 1.88 bits per heavy atom. The molecule has 9 N–H and O–H groups in total. The van der Waals surface area contributed by atoms with Crippen molar-refractivity contribution < 1.29 is 66.4 Å². The number of aliphatic hydroxyl groups is 1. The van der Waals surface area contributed by atoms with Crippen LogP contribution >= 0.6 is 23.5 Å². The van der Waals surface area contributed by atoms with Crippen molar-refractivity contribution >= 4 is 35.3 Å². The van der Waals surface area contributed by atoms with Gasteiger partial charge in [0.05, 0.1) is 19.4 Å². The molecule has 0 bridgehead atoms. The van der Waals surface area contributed by atoms with Crippen LogP contribution in [0.2, 0.25) is 0 Å². The molecule has 3 aliphatic heterocycles. The number of amides is 1. The van der Waals surface area contributed by atoms with Crippen molar-refractivity contribution in [3.05, 3.63) is 11.5 Å². The summed E-state index contributed by atoms with van der Waals surface area (Å²) in [5, 5.41) is 11.5. The molecule has 2 unspecified atom stereocenters. The molecule has 33 heavy (non-hydrogen) atoms. The average molecular weight is 538 g/mol. The summed E-state index contributed by atoms with van der Waals surface area (Å²) < 4.78 is 51.3. The van der Waals surface area contributed by atoms with Crippen LogP contribution in [0.1, 0.15) is 13.3 Å². The Kier molecular flexibility index (Phi) is 7.54. The van der Waals surface area contributed by atoms with E-state index in [0.717, 1.165) is 0 Å². The molecule has 1 fully saturated rings. The minimum absolute atomic E-state index is 0.00976. The van der Waals surface area contributed by atoms with E-state index in [4.69, 9.17) is 20.3 Å². The fraction of sp³-hybridized carbons (Fsp3) is 0.667. The number of aliphatic hydroxyl groups excluding tert-OH is 1. The normalized spacial score (nSPS) is 29.7. The molecular weight excluding hydrogens is 515 g/mol. The third-order valence-electron chi connectivity index (χ3n) is 4.62. The summed E-state index contributed by atoms with van der Waals surface area (Å²) in [6.07, 6.45) is -3.30. The highest BCUT2D eigenvalue weighted by Crippen LogP contribution is 2.66. The first-order valence-corrected chi connectivity index (χ1v) is 13.7. The van der Waals surface area contributed by atoms with Crippen LogP contribution in [0.4, 0.5) is 0 Å². The van der Waals surface area contributed by atoms with Crippen molar-refractivity contribution in [3.63, 3.8) is 0 Å². The van der Waals surface area contributed by atoms with Gasteiger partial charge in [0.2, 0.25) is 0 Å². The number of primary amides is 1.